The van der Waals surface area contributed by atoms with Crippen LogP contribution in [0.1, 0.15) is 24.9 Å². The lowest BCUT2D eigenvalue weighted by Gasteiger charge is -2.18. The van der Waals surface area contributed by atoms with Crippen LogP contribution in [0.25, 0.3) is 0 Å². The van der Waals surface area contributed by atoms with E-state index in [-0.39, 0.29) is 6.04 Å². The Balaban J connectivity index is 2.17. The molecule has 1 aromatic heterocycles. The van der Waals surface area contributed by atoms with Gasteiger partial charge in [-0.15, -0.1) is 0 Å². The molecule has 18 heavy (non-hydrogen) atoms. The molecule has 0 saturated heterocycles. The van der Waals surface area contributed by atoms with Crippen LogP contribution in [0.2, 0.25) is 10.2 Å². The summed E-state index contributed by atoms with van der Waals surface area (Å²) in [4.78, 5) is 4.05. The summed E-state index contributed by atoms with van der Waals surface area (Å²) in [5, 5.41) is 4.67. The number of aromatic nitrogens is 1. The molecule has 94 valence electrons. The molecule has 2 nitrogen and oxygen atoms in total. The summed E-state index contributed by atoms with van der Waals surface area (Å²) >= 11 is 11.8. The highest BCUT2D eigenvalue weighted by Crippen LogP contribution is 2.24. The third-order valence-electron chi connectivity index (χ3n) is 2.73. The smallest absolute Gasteiger partial charge is 0.129 e. The van der Waals surface area contributed by atoms with Crippen LogP contribution < -0.4 is 5.32 Å². The fourth-order valence-corrected chi connectivity index (χ4v) is 2.12. The molecular weight excluding hydrogens is 267 g/mol. The second kappa shape index (κ2) is 6.07. The molecule has 0 aliphatic heterocycles. The van der Waals surface area contributed by atoms with E-state index in [0.29, 0.717) is 5.15 Å². The molecule has 0 bridgehead atoms. The second-order valence-electron chi connectivity index (χ2n) is 4.03. The van der Waals surface area contributed by atoms with Crippen LogP contribution in [0, 0.1) is 0 Å². The van der Waals surface area contributed by atoms with Crippen molar-refractivity contribution in [2.24, 2.45) is 0 Å². The molecule has 1 N–H and O–H groups in total. The molecule has 0 aliphatic rings. The first-order valence-corrected chi connectivity index (χ1v) is 6.58. The highest BCUT2D eigenvalue weighted by Gasteiger charge is 2.09. The van der Waals surface area contributed by atoms with Crippen molar-refractivity contribution in [3.05, 3.63) is 58.3 Å². The van der Waals surface area contributed by atoms with E-state index in [0.717, 1.165) is 17.1 Å². The van der Waals surface area contributed by atoms with Gasteiger partial charge in [-0.3, -0.25) is 0 Å². The van der Waals surface area contributed by atoms with Gasteiger partial charge in [0.05, 0.1) is 17.9 Å². The summed E-state index contributed by atoms with van der Waals surface area (Å²) in [6.45, 7) is 2.13. The van der Waals surface area contributed by atoms with Gasteiger partial charge in [0.15, 0.2) is 0 Å². The number of nitrogens with one attached hydrogen (secondary N) is 1. The third-order valence-corrected chi connectivity index (χ3v) is 3.19. The zero-order valence-corrected chi connectivity index (χ0v) is 11.5. The Morgan fingerprint density at radius 3 is 2.67 bits per heavy atom. The lowest BCUT2D eigenvalue weighted by atomic mass is 10.0. The monoisotopic (exact) mass is 280 g/mol. The highest BCUT2D eigenvalue weighted by molar-refractivity contribution is 6.30. The Kier molecular flexibility index (Phi) is 4.45. The van der Waals surface area contributed by atoms with E-state index >= 15 is 0 Å². The minimum Gasteiger partial charge on any atom is -0.377 e. The number of hydrogen-bond donors (Lipinski definition) is 1. The van der Waals surface area contributed by atoms with Gasteiger partial charge in [-0.25, -0.2) is 4.98 Å². The van der Waals surface area contributed by atoms with Crippen molar-refractivity contribution in [2.45, 2.75) is 19.4 Å². The maximum Gasteiger partial charge on any atom is 0.129 e. The molecule has 0 aliphatic carbocycles. The SMILES string of the molecule is CCC(Nc1ccc(Cl)nc1)c1cccc(Cl)c1. The fourth-order valence-electron chi connectivity index (χ4n) is 1.81. The molecule has 4 heteroatoms. The number of anilines is 1. The van der Waals surface area contributed by atoms with Crippen molar-refractivity contribution in [1.82, 2.24) is 4.98 Å². The van der Waals surface area contributed by atoms with E-state index in [4.69, 9.17) is 23.2 Å². The maximum absolute atomic E-state index is 6.01. The minimum atomic E-state index is 0.215. The first kappa shape index (κ1) is 13.2. The predicted molar refractivity (Wildman–Crippen MR) is 77.4 cm³/mol. The number of halogens is 2. The Hall–Kier alpha value is -1.25. The molecule has 0 radical (unpaired) electrons. The topological polar surface area (TPSA) is 24.9 Å². The molecule has 0 saturated carbocycles. The predicted octanol–water partition coefficient (Wildman–Crippen LogP) is 4.95. The standard InChI is InChI=1S/C14H14Cl2N2/c1-2-13(10-4-3-5-11(15)8-10)18-12-6-7-14(16)17-9-12/h3-9,13,18H,2H2,1H3. The zero-order chi connectivity index (χ0) is 13.0. The van der Waals surface area contributed by atoms with Gasteiger partial charge < -0.3 is 5.32 Å². The van der Waals surface area contributed by atoms with Crippen LogP contribution in [0.5, 0.6) is 0 Å². The quantitative estimate of drug-likeness (QED) is 0.802. The van der Waals surface area contributed by atoms with Gasteiger partial charge in [0.2, 0.25) is 0 Å². The van der Waals surface area contributed by atoms with Crippen molar-refractivity contribution in [3.8, 4) is 0 Å². The molecular formula is C14H14Cl2N2. The molecule has 2 aromatic rings. The van der Waals surface area contributed by atoms with Crippen LogP contribution in [0.3, 0.4) is 0 Å². The summed E-state index contributed by atoms with van der Waals surface area (Å²) < 4.78 is 0. The van der Waals surface area contributed by atoms with Crippen LogP contribution in [0.4, 0.5) is 5.69 Å². The van der Waals surface area contributed by atoms with Crippen molar-refractivity contribution in [2.75, 3.05) is 5.32 Å². The summed E-state index contributed by atoms with van der Waals surface area (Å²) in [6, 6.07) is 11.8. The number of benzene rings is 1. The summed E-state index contributed by atoms with van der Waals surface area (Å²) in [5.74, 6) is 0. The van der Waals surface area contributed by atoms with E-state index in [1.165, 1.54) is 5.56 Å². The summed E-state index contributed by atoms with van der Waals surface area (Å²) in [7, 11) is 0. The summed E-state index contributed by atoms with van der Waals surface area (Å²) in [6.07, 6.45) is 2.69. The Bertz CT molecular complexity index is 511. The van der Waals surface area contributed by atoms with Crippen molar-refractivity contribution < 1.29 is 0 Å². The van der Waals surface area contributed by atoms with E-state index < -0.39 is 0 Å². The van der Waals surface area contributed by atoms with Crippen molar-refractivity contribution in [1.29, 1.82) is 0 Å². The molecule has 1 unspecified atom stereocenters. The second-order valence-corrected chi connectivity index (χ2v) is 4.85. The first-order chi connectivity index (χ1) is 8.69. The minimum absolute atomic E-state index is 0.215. The van der Waals surface area contributed by atoms with Gasteiger partial charge in [0.1, 0.15) is 5.15 Å². The Morgan fingerprint density at radius 1 is 1.22 bits per heavy atom. The van der Waals surface area contributed by atoms with Crippen LogP contribution in [0.15, 0.2) is 42.6 Å². The molecule has 1 heterocycles. The van der Waals surface area contributed by atoms with Crippen molar-refractivity contribution >= 4 is 28.9 Å². The lowest BCUT2D eigenvalue weighted by Crippen LogP contribution is -2.09. The van der Waals surface area contributed by atoms with Gasteiger partial charge in [-0.1, -0.05) is 42.3 Å². The largest absolute Gasteiger partial charge is 0.377 e. The molecule has 1 atom stereocenters. The van der Waals surface area contributed by atoms with E-state index in [1.54, 1.807) is 12.3 Å². The maximum atomic E-state index is 6.01. The van der Waals surface area contributed by atoms with Gasteiger partial charge >= 0.3 is 0 Å². The van der Waals surface area contributed by atoms with Gasteiger partial charge in [0, 0.05) is 5.02 Å². The number of hydrogen-bond acceptors (Lipinski definition) is 2. The first-order valence-electron chi connectivity index (χ1n) is 5.82. The van der Waals surface area contributed by atoms with Crippen LogP contribution in [-0.4, -0.2) is 4.98 Å². The number of pyridine rings is 1. The van der Waals surface area contributed by atoms with E-state index in [2.05, 4.69) is 23.3 Å². The number of rotatable bonds is 4. The fraction of sp³-hybridized carbons (Fsp3) is 0.214. The van der Waals surface area contributed by atoms with Gasteiger partial charge in [0.25, 0.3) is 0 Å². The van der Waals surface area contributed by atoms with E-state index in [1.807, 2.05) is 24.3 Å². The van der Waals surface area contributed by atoms with Gasteiger partial charge in [-0.05, 0) is 36.2 Å². The number of nitrogens with zero attached hydrogens (tertiary/aromatic N) is 1. The molecule has 0 spiro atoms. The van der Waals surface area contributed by atoms with Crippen molar-refractivity contribution in [3.63, 3.8) is 0 Å². The molecule has 2 rings (SSSR count). The average molecular weight is 281 g/mol. The lowest BCUT2D eigenvalue weighted by molar-refractivity contribution is 0.749. The molecule has 0 amide bonds. The van der Waals surface area contributed by atoms with Crippen LogP contribution in [-0.2, 0) is 0 Å². The Labute approximate surface area is 117 Å². The Morgan fingerprint density at radius 2 is 2.06 bits per heavy atom. The summed E-state index contributed by atoms with van der Waals surface area (Å²) in [5.41, 5.74) is 2.12. The highest BCUT2D eigenvalue weighted by atomic mass is 35.5. The molecule has 0 fully saturated rings. The zero-order valence-electron chi connectivity index (χ0n) is 10.0. The third kappa shape index (κ3) is 3.37. The molecule has 1 aromatic carbocycles. The van der Waals surface area contributed by atoms with Gasteiger partial charge in [-0.2, -0.15) is 0 Å². The normalized spacial score (nSPS) is 12.2. The average Bonchev–Trinajstić information content (AvgIpc) is 2.38. The van der Waals surface area contributed by atoms with Crippen LogP contribution >= 0.6 is 23.2 Å². The van der Waals surface area contributed by atoms with E-state index in [9.17, 15) is 0 Å².